The number of aryl methyl sites for hydroxylation is 1. The van der Waals surface area contributed by atoms with Gasteiger partial charge in [-0.15, -0.1) is 0 Å². The fourth-order valence-corrected chi connectivity index (χ4v) is 3.12. The Bertz CT molecular complexity index is 1070. The van der Waals surface area contributed by atoms with E-state index in [-0.39, 0.29) is 17.9 Å². The van der Waals surface area contributed by atoms with Crippen LogP contribution in [0.1, 0.15) is 16.7 Å². The number of pyridine rings is 1. The minimum atomic E-state index is -0.602. The molecule has 0 aliphatic carbocycles. The quantitative estimate of drug-likeness (QED) is 0.685. The van der Waals surface area contributed by atoms with Crippen molar-refractivity contribution < 1.29 is 13.6 Å². The molecule has 7 heteroatoms. The van der Waals surface area contributed by atoms with Crippen molar-refractivity contribution >= 4 is 22.5 Å². The Morgan fingerprint density at radius 2 is 1.96 bits per heavy atom. The van der Waals surface area contributed by atoms with Crippen molar-refractivity contribution in [2.75, 3.05) is 11.9 Å². The van der Waals surface area contributed by atoms with Gasteiger partial charge in [0.2, 0.25) is 5.91 Å². The minimum Gasteiger partial charge on any atom is -0.383 e. The summed E-state index contributed by atoms with van der Waals surface area (Å²) in [4.78, 5) is 16.1. The summed E-state index contributed by atoms with van der Waals surface area (Å²) in [5, 5.41) is 12.9. The maximum atomic E-state index is 13.9. The van der Waals surface area contributed by atoms with Crippen LogP contribution in [-0.4, -0.2) is 17.4 Å². The smallest absolute Gasteiger partial charge is 0.222 e. The van der Waals surface area contributed by atoms with Crippen LogP contribution >= 0.6 is 0 Å². The van der Waals surface area contributed by atoms with Crippen molar-refractivity contribution in [3.8, 4) is 6.07 Å². The van der Waals surface area contributed by atoms with Crippen molar-refractivity contribution in [1.82, 2.24) is 4.98 Å². The Kier molecular flexibility index (Phi) is 5.50. The number of nitrogens with two attached hydrogens (primary N) is 1. The zero-order valence-corrected chi connectivity index (χ0v) is 15.2. The van der Waals surface area contributed by atoms with Gasteiger partial charge in [-0.25, -0.2) is 8.78 Å². The maximum Gasteiger partial charge on any atom is 0.222 e. The number of primary amides is 1. The lowest BCUT2D eigenvalue weighted by Gasteiger charge is -2.17. The molecule has 5 nitrogen and oxygen atoms in total. The molecule has 0 bridgehead atoms. The van der Waals surface area contributed by atoms with Gasteiger partial charge in [0.1, 0.15) is 17.7 Å². The molecule has 28 heavy (non-hydrogen) atoms. The molecule has 0 aliphatic rings. The van der Waals surface area contributed by atoms with Crippen LogP contribution in [0.3, 0.4) is 0 Å². The first-order chi connectivity index (χ1) is 13.4. The normalized spacial score (nSPS) is 11.8. The lowest BCUT2D eigenvalue weighted by molar-refractivity contribution is -0.121. The van der Waals surface area contributed by atoms with Crippen LogP contribution in [-0.2, 0) is 11.2 Å². The summed E-state index contributed by atoms with van der Waals surface area (Å²) in [5.41, 5.74) is 8.13. The van der Waals surface area contributed by atoms with E-state index in [2.05, 4.69) is 10.3 Å². The summed E-state index contributed by atoms with van der Waals surface area (Å²) >= 11 is 0. The second-order valence-electron chi connectivity index (χ2n) is 6.59. The molecule has 0 spiro atoms. The molecule has 2 aromatic carbocycles. The fraction of sp³-hybridized carbons (Fsp3) is 0.190. The molecule has 1 atom stereocenters. The Morgan fingerprint density at radius 1 is 1.25 bits per heavy atom. The molecule has 3 rings (SSSR count). The number of carbonyl (C=O) groups excluding carboxylic acids is 1. The topological polar surface area (TPSA) is 91.8 Å². The summed E-state index contributed by atoms with van der Waals surface area (Å²) in [5.74, 6) is -1.94. The number of benzene rings is 2. The molecule has 0 saturated carbocycles. The number of aromatic nitrogens is 1. The molecule has 0 aliphatic heterocycles. The molecule has 3 aromatic rings. The van der Waals surface area contributed by atoms with Crippen LogP contribution in [0.4, 0.5) is 14.5 Å². The van der Waals surface area contributed by atoms with E-state index in [1.54, 1.807) is 19.1 Å². The van der Waals surface area contributed by atoms with E-state index in [9.17, 15) is 18.8 Å². The lowest BCUT2D eigenvalue weighted by Crippen LogP contribution is -2.31. The van der Waals surface area contributed by atoms with Crippen molar-refractivity contribution in [3.63, 3.8) is 0 Å². The first kappa shape index (κ1) is 19.2. The zero-order valence-electron chi connectivity index (χ0n) is 15.2. The summed E-state index contributed by atoms with van der Waals surface area (Å²) in [7, 11) is 0. The van der Waals surface area contributed by atoms with E-state index in [0.717, 1.165) is 5.56 Å². The Morgan fingerprint density at radius 3 is 2.61 bits per heavy atom. The van der Waals surface area contributed by atoms with Gasteiger partial charge >= 0.3 is 0 Å². The predicted octanol–water partition coefficient (Wildman–Crippen LogP) is 3.45. The molecular weight excluding hydrogens is 362 g/mol. The van der Waals surface area contributed by atoms with Crippen molar-refractivity contribution in [1.29, 1.82) is 5.26 Å². The number of nitrogens with one attached hydrogen (secondary N) is 1. The Labute approximate surface area is 160 Å². The summed E-state index contributed by atoms with van der Waals surface area (Å²) in [6.45, 7) is 1.87. The van der Waals surface area contributed by atoms with Crippen LogP contribution in [0, 0.1) is 35.8 Å². The van der Waals surface area contributed by atoms with Crippen molar-refractivity contribution in [2.45, 2.75) is 13.3 Å². The number of halogens is 2. The van der Waals surface area contributed by atoms with Gasteiger partial charge in [-0.05, 0) is 48.7 Å². The largest absolute Gasteiger partial charge is 0.383 e. The van der Waals surface area contributed by atoms with Gasteiger partial charge in [0.05, 0.1) is 22.7 Å². The fourth-order valence-electron chi connectivity index (χ4n) is 3.12. The van der Waals surface area contributed by atoms with E-state index >= 15 is 0 Å². The molecule has 0 saturated heterocycles. The van der Waals surface area contributed by atoms with Crippen LogP contribution in [0.25, 0.3) is 10.9 Å². The number of carbonyl (C=O) groups is 1. The number of anilines is 1. The number of hydrogen-bond acceptors (Lipinski definition) is 4. The van der Waals surface area contributed by atoms with Crippen LogP contribution in [0.2, 0.25) is 0 Å². The van der Waals surface area contributed by atoms with Gasteiger partial charge in [-0.1, -0.05) is 12.1 Å². The third-order valence-corrected chi connectivity index (χ3v) is 4.57. The molecule has 1 unspecified atom stereocenters. The highest BCUT2D eigenvalue weighted by Gasteiger charge is 2.18. The van der Waals surface area contributed by atoms with E-state index < -0.39 is 17.6 Å². The van der Waals surface area contributed by atoms with Crippen LogP contribution < -0.4 is 11.1 Å². The number of amides is 1. The number of hydrogen-bond donors (Lipinski definition) is 2. The third kappa shape index (κ3) is 4.07. The highest BCUT2D eigenvalue weighted by atomic mass is 19.1. The van der Waals surface area contributed by atoms with Gasteiger partial charge in [-0.3, -0.25) is 9.78 Å². The van der Waals surface area contributed by atoms with Gasteiger partial charge in [0.25, 0.3) is 0 Å². The first-order valence-electron chi connectivity index (χ1n) is 8.65. The minimum absolute atomic E-state index is 0.135. The number of nitriles is 1. The number of rotatable bonds is 6. The van der Waals surface area contributed by atoms with Gasteiger partial charge < -0.3 is 11.1 Å². The molecule has 0 fully saturated rings. The SMILES string of the molecule is Cc1cc(F)cc2c(NCC(Cc3ccc(F)cc3)C(N)=O)c(C#N)cnc12. The number of nitrogens with zero attached hydrogens (tertiary/aromatic N) is 2. The average Bonchev–Trinajstić information content (AvgIpc) is 2.66. The average molecular weight is 380 g/mol. The van der Waals surface area contributed by atoms with Crippen LogP contribution in [0.15, 0.2) is 42.6 Å². The number of fused-ring (bicyclic) bond motifs is 1. The van der Waals surface area contributed by atoms with Crippen LogP contribution in [0.5, 0.6) is 0 Å². The van der Waals surface area contributed by atoms with E-state index in [4.69, 9.17) is 5.73 Å². The van der Waals surface area contributed by atoms with Crippen molar-refractivity contribution in [2.24, 2.45) is 11.7 Å². The van der Waals surface area contributed by atoms with E-state index in [0.29, 0.717) is 28.6 Å². The highest BCUT2D eigenvalue weighted by molar-refractivity contribution is 5.95. The van der Waals surface area contributed by atoms with Gasteiger partial charge in [0.15, 0.2) is 0 Å². The van der Waals surface area contributed by atoms with Gasteiger partial charge in [-0.2, -0.15) is 5.26 Å². The summed E-state index contributed by atoms with van der Waals surface area (Å²) < 4.78 is 27.0. The standard InChI is InChI=1S/C21H18F2N4O/c1-12-6-17(23)8-18-19(12)26-11-15(9-24)20(18)27-10-14(21(25)28)7-13-2-4-16(22)5-3-13/h2-6,8,11,14H,7,10H2,1H3,(H2,25,28)(H,26,27). The second kappa shape index (κ2) is 8.01. The molecule has 0 radical (unpaired) electrons. The first-order valence-corrected chi connectivity index (χ1v) is 8.65. The highest BCUT2D eigenvalue weighted by Crippen LogP contribution is 2.29. The molecule has 142 valence electrons. The van der Waals surface area contributed by atoms with E-state index in [1.807, 2.05) is 6.07 Å². The third-order valence-electron chi connectivity index (χ3n) is 4.57. The summed E-state index contributed by atoms with van der Waals surface area (Å²) in [6, 6.07) is 10.5. The molecule has 1 aromatic heterocycles. The predicted molar refractivity (Wildman–Crippen MR) is 102 cm³/mol. The molecule has 3 N–H and O–H groups in total. The Balaban J connectivity index is 1.91. The summed E-state index contributed by atoms with van der Waals surface area (Å²) in [6.07, 6.45) is 1.72. The second-order valence-corrected chi connectivity index (χ2v) is 6.59. The lowest BCUT2D eigenvalue weighted by atomic mass is 9.98. The van der Waals surface area contributed by atoms with Crippen molar-refractivity contribution in [3.05, 3.63) is 70.9 Å². The van der Waals surface area contributed by atoms with E-state index in [1.165, 1.54) is 30.5 Å². The maximum absolute atomic E-state index is 13.9. The monoisotopic (exact) mass is 380 g/mol. The molecule has 1 amide bonds. The van der Waals surface area contributed by atoms with Gasteiger partial charge in [0, 0.05) is 18.1 Å². The molecular formula is C21H18F2N4O. The Hall–Kier alpha value is -3.53. The zero-order chi connectivity index (χ0) is 20.3. The molecule has 1 heterocycles.